The zero-order valence-electron chi connectivity index (χ0n) is 20.7. The van der Waals surface area contributed by atoms with Gasteiger partial charge < -0.3 is 25.0 Å². The lowest BCUT2D eigenvalue weighted by Crippen LogP contribution is -2.53. The number of carbonyl (C=O) groups is 3. The molecule has 0 aliphatic carbocycles. The molecule has 0 spiro atoms. The van der Waals surface area contributed by atoms with Crippen molar-refractivity contribution in [1.29, 1.82) is 0 Å². The third-order valence-electron chi connectivity index (χ3n) is 5.46. The van der Waals surface area contributed by atoms with Crippen LogP contribution in [0.15, 0.2) is 30.3 Å². The monoisotopic (exact) mass is 461 g/mol. The van der Waals surface area contributed by atoms with Crippen molar-refractivity contribution in [2.75, 3.05) is 20.2 Å². The molecule has 0 saturated carbocycles. The molecule has 3 atom stereocenters. The van der Waals surface area contributed by atoms with Crippen molar-refractivity contribution >= 4 is 18.0 Å². The molecule has 1 fully saturated rings. The van der Waals surface area contributed by atoms with Gasteiger partial charge in [-0.3, -0.25) is 4.79 Å². The fourth-order valence-electron chi connectivity index (χ4n) is 3.96. The van der Waals surface area contributed by atoms with Crippen LogP contribution in [0.1, 0.15) is 53.0 Å². The number of benzene rings is 1. The minimum Gasteiger partial charge on any atom is -0.467 e. The molecule has 1 aromatic rings. The Morgan fingerprint density at radius 1 is 1.21 bits per heavy atom. The topological polar surface area (TPSA) is 97.0 Å². The van der Waals surface area contributed by atoms with E-state index in [9.17, 15) is 14.4 Å². The predicted octanol–water partition coefficient (Wildman–Crippen LogP) is 2.90. The summed E-state index contributed by atoms with van der Waals surface area (Å²) in [6, 6.07) is 8.44. The van der Waals surface area contributed by atoms with E-state index in [1.54, 1.807) is 4.90 Å². The number of hydrogen-bond acceptors (Lipinski definition) is 6. The molecule has 1 aliphatic rings. The standard InChI is InChI=1S/C25H39N3O5/c1-17(2)14-21(23(30)32-6)28-13-12-19(16-26-24(31)33-25(3,4)5)27-20(22(28)29)15-18-10-8-7-9-11-18/h7-11,17,19-21,27H,12-16H2,1-6H3,(H,26,31)/t19?,20?,21-/m0/s1. The number of rotatable bonds is 8. The van der Waals surface area contributed by atoms with Gasteiger partial charge in [0.05, 0.1) is 13.2 Å². The van der Waals surface area contributed by atoms with E-state index >= 15 is 0 Å². The van der Waals surface area contributed by atoms with Gasteiger partial charge in [-0.1, -0.05) is 44.2 Å². The molecule has 1 aromatic carbocycles. The molecule has 1 aliphatic heterocycles. The van der Waals surface area contributed by atoms with Crippen LogP contribution >= 0.6 is 0 Å². The van der Waals surface area contributed by atoms with E-state index in [1.165, 1.54) is 7.11 Å². The lowest BCUT2D eigenvalue weighted by Gasteiger charge is -2.31. The summed E-state index contributed by atoms with van der Waals surface area (Å²) in [7, 11) is 1.35. The second kappa shape index (κ2) is 12.0. The molecular weight excluding hydrogens is 422 g/mol. The number of alkyl carbamates (subject to hydrolysis) is 1. The third-order valence-corrected chi connectivity index (χ3v) is 5.46. The summed E-state index contributed by atoms with van der Waals surface area (Å²) in [5.74, 6) is -0.314. The Labute approximate surface area is 197 Å². The van der Waals surface area contributed by atoms with Crippen molar-refractivity contribution in [2.24, 2.45) is 5.92 Å². The molecule has 184 valence electrons. The maximum atomic E-state index is 13.6. The second-order valence-electron chi connectivity index (χ2n) is 9.98. The van der Waals surface area contributed by atoms with Gasteiger partial charge in [-0.25, -0.2) is 9.59 Å². The SMILES string of the molecule is COC(=O)[C@H](CC(C)C)N1CCC(CNC(=O)OC(C)(C)C)NC(Cc2ccccc2)C1=O. The average molecular weight is 462 g/mol. The van der Waals surface area contributed by atoms with Crippen molar-refractivity contribution in [1.82, 2.24) is 15.5 Å². The van der Waals surface area contributed by atoms with Gasteiger partial charge >= 0.3 is 12.1 Å². The molecule has 8 nitrogen and oxygen atoms in total. The van der Waals surface area contributed by atoms with Gasteiger partial charge in [0.15, 0.2) is 0 Å². The molecule has 33 heavy (non-hydrogen) atoms. The Bertz CT molecular complexity index is 791. The van der Waals surface area contributed by atoms with Crippen molar-refractivity contribution in [3.63, 3.8) is 0 Å². The van der Waals surface area contributed by atoms with Crippen LogP contribution in [0, 0.1) is 5.92 Å². The lowest BCUT2D eigenvalue weighted by molar-refractivity contribution is -0.154. The van der Waals surface area contributed by atoms with Crippen molar-refractivity contribution in [2.45, 2.75) is 77.6 Å². The van der Waals surface area contributed by atoms with Crippen LogP contribution in [0.3, 0.4) is 0 Å². The van der Waals surface area contributed by atoms with Crippen LogP contribution in [0.2, 0.25) is 0 Å². The summed E-state index contributed by atoms with van der Waals surface area (Å²) in [5.41, 5.74) is 0.427. The molecule has 2 unspecified atom stereocenters. The zero-order valence-corrected chi connectivity index (χ0v) is 20.7. The highest BCUT2D eigenvalue weighted by Gasteiger charge is 2.38. The average Bonchev–Trinajstić information content (AvgIpc) is 2.88. The Hall–Kier alpha value is -2.61. The van der Waals surface area contributed by atoms with Crippen LogP contribution in [-0.2, 0) is 25.5 Å². The minimum absolute atomic E-state index is 0.130. The van der Waals surface area contributed by atoms with Gasteiger partial charge in [0.2, 0.25) is 5.91 Å². The van der Waals surface area contributed by atoms with E-state index in [-0.39, 0.29) is 17.9 Å². The van der Waals surface area contributed by atoms with Crippen LogP contribution < -0.4 is 10.6 Å². The van der Waals surface area contributed by atoms with E-state index in [1.807, 2.05) is 65.0 Å². The molecule has 2 N–H and O–H groups in total. The quantitative estimate of drug-likeness (QED) is 0.578. The Morgan fingerprint density at radius 2 is 1.88 bits per heavy atom. The van der Waals surface area contributed by atoms with Crippen LogP contribution in [0.4, 0.5) is 4.79 Å². The first-order valence-corrected chi connectivity index (χ1v) is 11.6. The number of ether oxygens (including phenoxy) is 2. The van der Waals surface area contributed by atoms with Gasteiger partial charge in [-0.05, 0) is 51.5 Å². The summed E-state index contributed by atoms with van der Waals surface area (Å²) in [6.07, 6.45) is 1.09. The van der Waals surface area contributed by atoms with E-state index in [4.69, 9.17) is 9.47 Å². The number of hydrogen-bond donors (Lipinski definition) is 2. The normalized spacial score (nSPS) is 20.2. The Morgan fingerprint density at radius 3 is 2.45 bits per heavy atom. The summed E-state index contributed by atoms with van der Waals surface area (Å²) in [4.78, 5) is 40.0. The van der Waals surface area contributed by atoms with Gasteiger partial charge in [-0.15, -0.1) is 0 Å². The number of nitrogens with zero attached hydrogens (tertiary/aromatic N) is 1. The third kappa shape index (κ3) is 8.68. The molecule has 0 radical (unpaired) electrons. The molecule has 2 rings (SSSR count). The summed E-state index contributed by atoms with van der Waals surface area (Å²) in [5, 5.41) is 6.21. The molecule has 1 heterocycles. The smallest absolute Gasteiger partial charge is 0.407 e. The molecule has 0 aromatic heterocycles. The first-order chi connectivity index (χ1) is 15.5. The first kappa shape index (κ1) is 26.6. The van der Waals surface area contributed by atoms with E-state index in [0.717, 1.165) is 5.56 Å². The molecule has 8 heteroatoms. The van der Waals surface area contributed by atoms with E-state index in [2.05, 4.69) is 10.6 Å². The van der Waals surface area contributed by atoms with Gasteiger partial charge in [-0.2, -0.15) is 0 Å². The Kier molecular flexibility index (Phi) is 9.70. The van der Waals surface area contributed by atoms with Crippen LogP contribution in [0.25, 0.3) is 0 Å². The summed E-state index contributed by atoms with van der Waals surface area (Å²) >= 11 is 0. The maximum absolute atomic E-state index is 13.6. The Balaban J connectivity index is 2.22. The van der Waals surface area contributed by atoms with Gasteiger partial charge in [0, 0.05) is 19.1 Å². The summed E-state index contributed by atoms with van der Waals surface area (Å²) in [6.45, 7) is 10.2. The van der Waals surface area contributed by atoms with Crippen LogP contribution in [0.5, 0.6) is 0 Å². The lowest BCUT2D eigenvalue weighted by atomic mass is 10.00. The molecule has 2 amide bonds. The molecular formula is C25H39N3O5. The highest BCUT2D eigenvalue weighted by molar-refractivity contribution is 5.88. The van der Waals surface area contributed by atoms with Crippen molar-refractivity contribution in [3.05, 3.63) is 35.9 Å². The number of carbonyl (C=O) groups excluding carboxylic acids is 3. The van der Waals surface area contributed by atoms with Crippen molar-refractivity contribution in [3.8, 4) is 0 Å². The summed E-state index contributed by atoms with van der Waals surface area (Å²) < 4.78 is 10.4. The number of amides is 2. The number of methoxy groups -OCH3 is 1. The van der Waals surface area contributed by atoms with Gasteiger partial charge in [0.25, 0.3) is 0 Å². The number of nitrogens with one attached hydrogen (secondary N) is 2. The van der Waals surface area contributed by atoms with Gasteiger partial charge in [0.1, 0.15) is 11.6 Å². The molecule has 0 bridgehead atoms. The highest BCUT2D eigenvalue weighted by atomic mass is 16.6. The fourth-order valence-corrected chi connectivity index (χ4v) is 3.96. The largest absolute Gasteiger partial charge is 0.467 e. The highest BCUT2D eigenvalue weighted by Crippen LogP contribution is 2.20. The molecule has 1 saturated heterocycles. The first-order valence-electron chi connectivity index (χ1n) is 11.6. The minimum atomic E-state index is -0.639. The zero-order chi connectivity index (χ0) is 24.6. The maximum Gasteiger partial charge on any atom is 0.407 e. The number of esters is 1. The fraction of sp³-hybridized carbons (Fsp3) is 0.640. The van der Waals surface area contributed by atoms with Crippen LogP contribution in [-0.4, -0.2) is 66.8 Å². The second-order valence-corrected chi connectivity index (χ2v) is 9.98. The predicted molar refractivity (Wildman–Crippen MR) is 127 cm³/mol. The van der Waals surface area contributed by atoms with Crippen molar-refractivity contribution < 1.29 is 23.9 Å². The van der Waals surface area contributed by atoms with E-state index in [0.29, 0.717) is 32.4 Å². The van der Waals surface area contributed by atoms with E-state index < -0.39 is 29.7 Å².